The molecule has 0 spiro atoms. The first-order valence-electron chi connectivity index (χ1n) is 8.33. The molecule has 0 unspecified atom stereocenters. The third kappa shape index (κ3) is 4.05. The van der Waals surface area contributed by atoms with Gasteiger partial charge in [-0.3, -0.25) is 0 Å². The van der Waals surface area contributed by atoms with Crippen molar-refractivity contribution in [3.8, 4) is 29.0 Å². The van der Waals surface area contributed by atoms with Crippen molar-refractivity contribution in [1.29, 1.82) is 10.5 Å². The zero-order valence-corrected chi connectivity index (χ0v) is 15.3. The molecule has 0 heterocycles. The largest absolute Gasteiger partial charge is 0.432 e. The van der Waals surface area contributed by atoms with E-state index in [0.29, 0.717) is 12.1 Å². The fourth-order valence-electron chi connectivity index (χ4n) is 2.82. The van der Waals surface area contributed by atoms with Crippen LogP contribution in [0.15, 0.2) is 36.4 Å². The number of hydrogen-bond donors (Lipinski definition) is 0. The highest BCUT2D eigenvalue weighted by Crippen LogP contribution is 2.38. The Labute approximate surface area is 174 Å². The van der Waals surface area contributed by atoms with Gasteiger partial charge in [-0.1, -0.05) is 0 Å². The number of hydrogen-bond acceptors (Lipinski definition) is 3. The minimum Gasteiger partial charge on any atom is -0.429 e. The van der Waals surface area contributed by atoms with Gasteiger partial charge < -0.3 is 4.74 Å². The van der Waals surface area contributed by atoms with Crippen molar-refractivity contribution in [2.75, 3.05) is 0 Å². The molecule has 0 aliphatic rings. The molecule has 0 amide bonds. The van der Waals surface area contributed by atoms with Crippen LogP contribution in [0, 0.1) is 57.6 Å². The Bertz CT molecular complexity index is 1260. The minimum absolute atomic E-state index is 0.198. The molecule has 0 aromatic heterocycles. The Balaban J connectivity index is 2.05. The first kappa shape index (κ1) is 22.6. The van der Waals surface area contributed by atoms with Crippen LogP contribution in [0.1, 0.15) is 16.7 Å². The van der Waals surface area contributed by atoms with Crippen LogP contribution in [0.25, 0.3) is 11.1 Å². The Hall–Kier alpha value is -4.12. The minimum atomic E-state index is -4.82. The SMILES string of the molecule is N#Cc1cc(F)c(-c2cc(F)c(C(F)(F)Oc3cc(F)c(C#N)c(F)c3)c(F)c2)c(F)c1. The van der Waals surface area contributed by atoms with Gasteiger partial charge in [-0.25, -0.2) is 26.3 Å². The molecule has 0 saturated carbocycles. The molecule has 3 aromatic carbocycles. The summed E-state index contributed by atoms with van der Waals surface area (Å²) in [6, 6.07) is 4.58. The maximum atomic E-state index is 14.4. The van der Waals surface area contributed by atoms with E-state index in [1.54, 1.807) is 0 Å². The molecular weight excluding hydrogens is 448 g/mol. The highest BCUT2D eigenvalue weighted by molar-refractivity contribution is 5.66. The normalized spacial score (nSPS) is 11.1. The summed E-state index contributed by atoms with van der Waals surface area (Å²) in [6.45, 7) is 0. The van der Waals surface area contributed by atoms with E-state index >= 15 is 0 Å². The third-order valence-electron chi connectivity index (χ3n) is 4.17. The molecule has 0 bridgehead atoms. The first-order chi connectivity index (χ1) is 15.0. The highest BCUT2D eigenvalue weighted by Gasteiger charge is 2.41. The first-order valence-corrected chi connectivity index (χ1v) is 8.33. The van der Waals surface area contributed by atoms with E-state index in [0.717, 1.165) is 6.07 Å². The summed E-state index contributed by atoms with van der Waals surface area (Å²) in [4.78, 5) is 0. The lowest BCUT2D eigenvalue weighted by Gasteiger charge is -2.20. The summed E-state index contributed by atoms with van der Waals surface area (Å²) >= 11 is 0. The van der Waals surface area contributed by atoms with E-state index in [2.05, 4.69) is 4.74 Å². The summed E-state index contributed by atoms with van der Waals surface area (Å²) in [5, 5.41) is 17.3. The molecule has 0 atom stereocenters. The van der Waals surface area contributed by atoms with Crippen LogP contribution in [-0.4, -0.2) is 0 Å². The van der Waals surface area contributed by atoms with Crippen LogP contribution in [0.3, 0.4) is 0 Å². The molecule has 3 rings (SSSR count). The van der Waals surface area contributed by atoms with Gasteiger partial charge in [0, 0.05) is 12.1 Å². The molecule has 0 N–H and O–H groups in total. The predicted molar refractivity (Wildman–Crippen MR) is 92.0 cm³/mol. The molecule has 162 valence electrons. The van der Waals surface area contributed by atoms with Crippen molar-refractivity contribution >= 4 is 0 Å². The van der Waals surface area contributed by atoms with Gasteiger partial charge in [0.05, 0.1) is 17.2 Å². The van der Waals surface area contributed by atoms with Gasteiger partial charge in [0.25, 0.3) is 0 Å². The molecule has 3 aromatic rings. The van der Waals surface area contributed by atoms with Crippen LogP contribution < -0.4 is 4.74 Å². The third-order valence-corrected chi connectivity index (χ3v) is 4.17. The number of nitrogens with zero attached hydrogens (tertiary/aromatic N) is 2. The van der Waals surface area contributed by atoms with Crippen molar-refractivity contribution < 1.29 is 39.9 Å². The van der Waals surface area contributed by atoms with E-state index in [-0.39, 0.29) is 24.3 Å². The molecule has 0 aliphatic carbocycles. The molecule has 3 nitrogen and oxygen atoms in total. The van der Waals surface area contributed by atoms with Crippen molar-refractivity contribution in [2.24, 2.45) is 0 Å². The molecule has 0 fully saturated rings. The lowest BCUT2D eigenvalue weighted by Crippen LogP contribution is -2.25. The lowest BCUT2D eigenvalue weighted by molar-refractivity contribution is -0.189. The van der Waals surface area contributed by atoms with E-state index in [1.807, 2.05) is 0 Å². The average molecular weight is 454 g/mol. The smallest absolute Gasteiger partial charge is 0.429 e. The zero-order valence-electron chi connectivity index (χ0n) is 15.3. The van der Waals surface area contributed by atoms with E-state index < -0.39 is 74.6 Å². The topological polar surface area (TPSA) is 56.8 Å². The average Bonchev–Trinajstić information content (AvgIpc) is 2.65. The Kier molecular flexibility index (Phi) is 5.78. The van der Waals surface area contributed by atoms with Crippen molar-refractivity contribution in [1.82, 2.24) is 0 Å². The summed E-state index contributed by atoms with van der Waals surface area (Å²) in [7, 11) is 0. The zero-order chi connectivity index (χ0) is 23.8. The maximum Gasteiger partial charge on any atom is 0.432 e. The van der Waals surface area contributed by atoms with Gasteiger partial charge in [0.2, 0.25) is 0 Å². The van der Waals surface area contributed by atoms with Crippen molar-refractivity contribution in [3.05, 3.63) is 88.0 Å². The maximum absolute atomic E-state index is 14.4. The highest BCUT2D eigenvalue weighted by atomic mass is 19.3. The second kappa shape index (κ2) is 8.19. The molecule has 11 heteroatoms. The Morgan fingerprint density at radius 3 is 1.59 bits per heavy atom. The van der Waals surface area contributed by atoms with Gasteiger partial charge in [0.1, 0.15) is 57.8 Å². The van der Waals surface area contributed by atoms with Gasteiger partial charge in [-0.2, -0.15) is 19.3 Å². The summed E-state index contributed by atoms with van der Waals surface area (Å²) < 4.78 is 117. The summed E-state index contributed by atoms with van der Waals surface area (Å²) in [5.74, 6) is -11.0. The quantitative estimate of drug-likeness (QED) is 0.451. The molecule has 0 aliphatic heterocycles. The predicted octanol–water partition coefficient (Wildman–Crippen LogP) is 6.06. The number of halogens is 8. The van der Waals surface area contributed by atoms with Gasteiger partial charge in [0.15, 0.2) is 0 Å². The number of ether oxygens (including phenoxy) is 1. The van der Waals surface area contributed by atoms with E-state index in [4.69, 9.17) is 10.5 Å². The number of alkyl halides is 2. The summed E-state index contributed by atoms with van der Waals surface area (Å²) in [5.41, 5.74) is -5.29. The van der Waals surface area contributed by atoms with Gasteiger partial charge >= 0.3 is 6.11 Å². The molecular formula is C21H6F8N2O. The van der Waals surface area contributed by atoms with Crippen molar-refractivity contribution in [3.63, 3.8) is 0 Å². The van der Waals surface area contributed by atoms with E-state index in [9.17, 15) is 35.1 Å². The molecule has 0 radical (unpaired) electrons. The number of rotatable bonds is 4. The lowest BCUT2D eigenvalue weighted by atomic mass is 10.00. The van der Waals surface area contributed by atoms with Crippen LogP contribution in [0.5, 0.6) is 5.75 Å². The number of nitriles is 2. The second-order valence-electron chi connectivity index (χ2n) is 6.23. The Morgan fingerprint density at radius 1 is 0.656 bits per heavy atom. The van der Waals surface area contributed by atoms with Crippen LogP contribution in [0.4, 0.5) is 35.1 Å². The van der Waals surface area contributed by atoms with Crippen LogP contribution >= 0.6 is 0 Å². The molecule has 0 saturated heterocycles. The van der Waals surface area contributed by atoms with Gasteiger partial charge in [-0.15, -0.1) is 0 Å². The van der Waals surface area contributed by atoms with Crippen LogP contribution in [-0.2, 0) is 6.11 Å². The summed E-state index contributed by atoms with van der Waals surface area (Å²) in [6.07, 6.45) is -4.82. The molecule has 32 heavy (non-hydrogen) atoms. The van der Waals surface area contributed by atoms with Crippen LogP contribution in [0.2, 0.25) is 0 Å². The standard InChI is InChI=1S/C21H6F8N2O/c22-13-5-11(6-14(23)12(13)8-31)32-21(28,29)20-17(26)3-10(4-18(20)27)19-15(24)1-9(7-30)2-16(19)25/h1-6H. The Morgan fingerprint density at radius 2 is 1.16 bits per heavy atom. The van der Waals surface area contributed by atoms with Gasteiger partial charge in [-0.05, 0) is 29.8 Å². The van der Waals surface area contributed by atoms with E-state index in [1.165, 1.54) is 6.07 Å². The number of benzene rings is 3. The monoisotopic (exact) mass is 454 g/mol. The second-order valence-corrected chi connectivity index (χ2v) is 6.23. The fraction of sp³-hybridized carbons (Fsp3) is 0.0476. The fourth-order valence-corrected chi connectivity index (χ4v) is 2.82. The van der Waals surface area contributed by atoms with Crippen molar-refractivity contribution in [2.45, 2.75) is 6.11 Å².